The van der Waals surface area contributed by atoms with E-state index in [0.29, 0.717) is 56.7 Å². The van der Waals surface area contributed by atoms with E-state index in [0.717, 1.165) is 49.2 Å². The number of carbonyl (C=O) groups excluding carboxylic acids is 1. The van der Waals surface area contributed by atoms with Gasteiger partial charge in [-0.2, -0.15) is 4.98 Å². The largest absolute Gasteiger partial charge is 0.379 e. The van der Waals surface area contributed by atoms with Crippen molar-refractivity contribution in [2.24, 2.45) is 0 Å². The van der Waals surface area contributed by atoms with Crippen LogP contribution < -0.4 is 15.5 Å². The fraction of sp³-hybridized carbons (Fsp3) is 0.452. The Balaban J connectivity index is 1.05. The molecule has 42 heavy (non-hydrogen) atoms. The summed E-state index contributed by atoms with van der Waals surface area (Å²) in [6.07, 6.45) is 5.64. The van der Waals surface area contributed by atoms with Crippen LogP contribution in [0.25, 0.3) is 0 Å². The monoisotopic (exact) mass is 575 g/mol. The van der Waals surface area contributed by atoms with E-state index >= 15 is 8.78 Å². The molecule has 2 N–H and O–H groups in total. The van der Waals surface area contributed by atoms with Crippen molar-refractivity contribution in [3.05, 3.63) is 70.9 Å². The van der Waals surface area contributed by atoms with Crippen molar-refractivity contribution < 1.29 is 18.3 Å². The highest BCUT2D eigenvalue weighted by Crippen LogP contribution is 2.35. The molecule has 11 heteroatoms. The first-order valence-corrected chi connectivity index (χ1v) is 14.8. The van der Waals surface area contributed by atoms with Gasteiger partial charge in [0.2, 0.25) is 11.9 Å². The Morgan fingerprint density at radius 1 is 1.02 bits per heavy atom. The first-order valence-electron chi connectivity index (χ1n) is 14.8. The van der Waals surface area contributed by atoms with E-state index in [2.05, 4.69) is 20.5 Å². The molecule has 3 aromatic rings. The van der Waals surface area contributed by atoms with E-state index in [1.54, 1.807) is 6.20 Å². The Hall–Kier alpha value is -3.67. The molecule has 9 nitrogen and oxygen atoms in total. The minimum Gasteiger partial charge on any atom is -0.379 e. The molecule has 2 aromatic carbocycles. The highest BCUT2D eigenvalue weighted by molar-refractivity contribution is 5.83. The Labute approximate surface area is 243 Å². The quantitative estimate of drug-likeness (QED) is 0.456. The summed E-state index contributed by atoms with van der Waals surface area (Å²) in [7, 11) is 0. The van der Waals surface area contributed by atoms with Crippen LogP contribution in [0.4, 0.5) is 31.9 Å². The molecule has 4 aliphatic heterocycles. The van der Waals surface area contributed by atoms with Crippen molar-refractivity contribution in [3.8, 4) is 0 Å². The molecule has 3 saturated heterocycles. The van der Waals surface area contributed by atoms with E-state index < -0.39 is 11.6 Å². The van der Waals surface area contributed by atoms with Crippen molar-refractivity contribution in [1.29, 1.82) is 0 Å². The number of fused-ring (bicyclic) bond motifs is 2. The lowest BCUT2D eigenvalue weighted by Crippen LogP contribution is -2.57. The maximum Gasteiger partial charge on any atom is 0.237 e. The van der Waals surface area contributed by atoms with E-state index in [4.69, 9.17) is 9.72 Å². The van der Waals surface area contributed by atoms with Crippen molar-refractivity contribution in [3.63, 3.8) is 0 Å². The van der Waals surface area contributed by atoms with Gasteiger partial charge in [0.25, 0.3) is 0 Å². The van der Waals surface area contributed by atoms with Gasteiger partial charge in [0.15, 0.2) is 0 Å². The second-order valence-electron chi connectivity index (χ2n) is 11.5. The molecule has 1 amide bonds. The predicted octanol–water partition coefficient (Wildman–Crippen LogP) is 4.05. The highest BCUT2D eigenvalue weighted by atomic mass is 19.1. The van der Waals surface area contributed by atoms with Gasteiger partial charge in [-0.15, -0.1) is 0 Å². The summed E-state index contributed by atoms with van der Waals surface area (Å²) in [5, 5.41) is 6.45. The molecule has 7 rings (SSSR count). The third-order valence-corrected chi connectivity index (χ3v) is 8.84. The van der Waals surface area contributed by atoms with Crippen LogP contribution in [0.1, 0.15) is 42.0 Å². The average Bonchev–Trinajstić information content (AvgIpc) is 3.43. The molecule has 0 radical (unpaired) electrons. The number of benzene rings is 2. The summed E-state index contributed by atoms with van der Waals surface area (Å²) in [6.45, 7) is 5.04. The molecular weight excluding hydrogens is 540 g/mol. The van der Waals surface area contributed by atoms with Crippen molar-refractivity contribution in [2.75, 3.05) is 56.2 Å². The number of carbonyl (C=O) groups is 1. The second-order valence-corrected chi connectivity index (χ2v) is 11.5. The Bertz CT molecular complexity index is 1440. The van der Waals surface area contributed by atoms with Crippen molar-refractivity contribution in [2.45, 2.75) is 44.3 Å². The van der Waals surface area contributed by atoms with Gasteiger partial charge in [-0.3, -0.25) is 14.6 Å². The van der Waals surface area contributed by atoms with Crippen LogP contribution in [0.2, 0.25) is 0 Å². The van der Waals surface area contributed by atoms with Gasteiger partial charge in [0, 0.05) is 61.4 Å². The van der Waals surface area contributed by atoms with Crippen molar-refractivity contribution in [1.82, 2.24) is 25.1 Å². The lowest BCUT2D eigenvalue weighted by Gasteiger charge is -2.42. The molecule has 1 aromatic heterocycles. The van der Waals surface area contributed by atoms with Gasteiger partial charge in [0.1, 0.15) is 17.5 Å². The van der Waals surface area contributed by atoms with E-state index in [-0.39, 0.29) is 30.1 Å². The number of anilines is 4. The summed E-state index contributed by atoms with van der Waals surface area (Å²) in [5.41, 5.74) is 3.31. The van der Waals surface area contributed by atoms with Gasteiger partial charge < -0.3 is 20.3 Å². The maximum atomic E-state index is 15.1. The SMILES string of the molecule is O=C1NC(c2ccc(Nc3ncc4c(n3)N(c3cc(F)c(CN5CCOCC5)c(F)c3)CC4)cc2)CN2CCCCC12. The zero-order valence-electron chi connectivity index (χ0n) is 23.5. The number of hydrogen-bond acceptors (Lipinski definition) is 8. The van der Waals surface area contributed by atoms with Crippen LogP contribution in [-0.4, -0.2) is 77.7 Å². The molecule has 220 valence electrons. The number of hydrogen-bond donors (Lipinski definition) is 2. The number of nitrogens with zero attached hydrogens (tertiary/aromatic N) is 5. The molecule has 2 unspecified atom stereocenters. The Morgan fingerprint density at radius 2 is 1.81 bits per heavy atom. The van der Waals surface area contributed by atoms with Crippen LogP contribution in [0.5, 0.6) is 0 Å². The summed E-state index contributed by atoms with van der Waals surface area (Å²) in [4.78, 5) is 28.0. The van der Waals surface area contributed by atoms with Crippen LogP contribution in [0, 0.1) is 11.6 Å². The minimum absolute atomic E-state index is 0.00785. The predicted molar refractivity (Wildman–Crippen MR) is 155 cm³/mol. The number of ether oxygens (including phenoxy) is 1. The average molecular weight is 576 g/mol. The number of piperazine rings is 1. The fourth-order valence-electron chi connectivity index (χ4n) is 6.51. The van der Waals surface area contributed by atoms with Gasteiger partial charge >= 0.3 is 0 Å². The third kappa shape index (κ3) is 5.44. The van der Waals surface area contributed by atoms with Crippen LogP contribution in [-0.2, 0) is 22.5 Å². The number of morpholine rings is 1. The van der Waals surface area contributed by atoms with E-state index in [1.165, 1.54) is 12.1 Å². The zero-order valence-corrected chi connectivity index (χ0v) is 23.5. The standard InChI is InChI=1S/C31H35F2N7O2/c32-25-15-23(16-26(33)24(25)18-38-11-13-42-14-12-38)40-10-8-21-17-34-31(37-29(21)40)35-22-6-4-20(5-7-22)27-19-39-9-2-1-3-28(39)30(41)36-27/h4-7,15-17,27-28H,1-3,8-14,18-19H2,(H,36,41)(H,34,35,37). The summed E-state index contributed by atoms with van der Waals surface area (Å²) in [5.74, 6) is 0.0609. The molecule has 5 heterocycles. The zero-order chi connectivity index (χ0) is 28.6. The molecule has 3 fully saturated rings. The highest BCUT2D eigenvalue weighted by Gasteiger charge is 2.36. The molecule has 0 aliphatic carbocycles. The van der Waals surface area contributed by atoms with Crippen LogP contribution in [0.3, 0.4) is 0 Å². The molecule has 2 atom stereocenters. The first-order chi connectivity index (χ1) is 20.5. The third-order valence-electron chi connectivity index (χ3n) is 8.84. The van der Waals surface area contributed by atoms with Gasteiger partial charge in [-0.05, 0) is 55.6 Å². The summed E-state index contributed by atoms with van der Waals surface area (Å²) in [6, 6.07) is 10.7. The van der Waals surface area contributed by atoms with Gasteiger partial charge in [-0.25, -0.2) is 13.8 Å². The first kappa shape index (κ1) is 27.2. The molecule has 4 aliphatic rings. The lowest BCUT2D eigenvalue weighted by molar-refractivity contribution is -0.132. The molecule has 0 saturated carbocycles. The normalized spacial score (nSPS) is 22.9. The molecule has 0 spiro atoms. The molecule has 0 bridgehead atoms. The number of halogens is 2. The Kier molecular flexibility index (Phi) is 7.47. The summed E-state index contributed by atoms with van der Waals surface area (Å²) >= 11 is 0. The second kappa shape index (κ2) is 11.5. The van der Waals surface area contributed by atoms with Gasteiger partial charge in [0.05, 0.1) is 25.3 Å². The Morgan fingerprint density at radius 3 is 2.60 bits per heavy atom. The van der Waals surface area contributed by atoms with Crippen LogP contribution >= 0.6 is 0 Å². The van der Waals surface area contributed by atoms with Crippen molar-refractivity contribution >= 4 is 29.0 Å². The van der Waals surface area contributed by atoms with E-state index in [1.807, 2.05) is 34.1 Å². The van der Waals surface area contributed by atoms with E-state index in [9.17, 15) is 4.79 Å². The number of nitrogens with one attached hydrogen (secondary N) is 2. The summed E-state index contributed by atoms with van der Waals surface area (Å²) < 4.78 is 35.6. The number of amides is 1. The van der Waals surface area contributed by atoms with Crippen LogP contribution in [0.15, 0.2) is 42.6 Å². The smallest absolute Gasteiger partial charge is 0.237 e. The minimum atomic E-state index is -0.553. The topological polar surface area (TPSA) is 85.9 Å². The fourth-order valence-corrected chi connectivity index (χ4v) is 6.51. The lowest BCUT2D eigenvalue weighted by atomic mass is 9.95. The number of aromatic nitrogens is 2. The number of piperidine rings is 1. The van der Waals surface area contributed by atoms with Gasteiger partial charge in [-0.1, -0.05) is 18.6 Å². The number of rotatable bonds is 6. The molecular formula is C31H35F2N7O2. The maximum absolute atomic E-state index is 15.1.